The lowest BCUT2D eigenvalue weighted by molar-refractivity contribution is -0.913. The molecule has 0 aromatic rings. The van der Waals surface area contributed by atoms with Gasteiger partial charge in [-0.3, -0.25) is 4.79 Å². The number of hydrogen-bond acceptors (Lipinski definition) is 1. The first-order chi connectivity index (χ1) is 9.41. The van der Waals surface area contributed by atoms with Gasteiger partial charge in [0.05, 0.1) is 39.1 Å². The summed E-state index contributed by atoms with van der Waals surface area (Å²) in [6, 6.07) is 0. The van der Waals surface area contributed by atoms with E-state index >= 15 is 0 Å². The molecule has 1 saturated heterocycles. The van der Waals surface area contributed by atoms with Crippen LogP contribution in [0, 0.1) is 5.92 Å². The second kappa shape index (κ2) is 7.77. The van der Waals surface area contributed by atoms with Crippen molar-refractivity contribution in [2.75, 3.05) is 33.2 Å². The van der Waals surface area contributed by atoms with Crippen LogP contribution in [-0.4, -0.2) is 48.5 Å². The lowest BCUT2D eigenvalue weighted by atomic mass is 10.1. The molecule has 2 rings (SSSR count). The smallest absolute Gasteiger partial charge is 0.233 e. The fourth-order valence-electron chi connectivity index (χ4n) is 3.47. The van der Waals surface area contributed by atoms with Crippen LogP contribution in [-0.2, 0) is 4.79 Å². The molecule has 0 saturated carbocycles. The lowest BCUT2D eigenvalue weighted by Gasteiger charge is -2.39. The van der Waals surface area contributed by atoms with Crippen molar-refractivity contribution >= 4 is 5.91 Å². The molecular weight excluding hydrogens is 375 g/mol. The van der Waals surface area contributed by atoms with Gasteiger partial charge in [0.25, 0.3) is 0 Å². The molecular formula is C17H29IN2O. The summed E-state index contributed by atoms with van der Waals surface area (Å²) in [7, 11) is 2.34. The molecule has 0 spiro atoms. The largest absolute Gasteiger partial charge is 1.00 e. The van der Waals surface area contributed by atoms with Crippen molar-refractivity contribution in [1.82, 2.24) is 4.90 Å². The van der Waals surface area contributed by atoms with E-state index in [0.717, 1.165) is 23.3 Å². The molecule has 3 nitrogen and oxygen atoms in total. The van der Waals surface area contributed by atoms with Crippen LogP contribution in [0.3, 0.4) is 0 Å². The van der Waals surface area contributed by atoms with E-state index in [1.165, 1.54) is 37.9 Å². The highest BCUT2D eigenvalue weighted by Gasteiger charge is 2.28. The molecule has 1 fully saturated rings. The number of nitrogens with zero attached hydrogens (tertiary/aromatic N) is 2. The van der Waals surface area contributed by atoms with Gasteiger partial charge >= 0.3 is 0 Å². The first-order valence-electron chi connectivity index (χ1n) is 7.93. The number of halogens is 1. The highest BCUT2D eigenvalue weighted by molar-refractivity contribution is 5.82. The highest BCUT2D eigenvalue weighted by Crippen LogP contribution is 2.21. The topological polar surface area (TPSA) is 20.3 Å². The first kappa shape index (κ1) is 18.7. The molecule has 0 aromatic carbocycles. The third-order valence-electron chi connectivity index (χ3n) is 4.79. The van der Waals surface area contributed by atoms with Crippen molar-refractivity contribution in [3.63, 3.8) is 0 Å². The molecule has 2 aliphatic heterocycles. The molecule has 4 heteroatoms. The van der Waals surface area contributed by atoms with Gasteiger partial charge in [0, 0.05) is 5.70 Å². The Balaban J connectivity index is 0.00000220. The number of allylic oxidation sites excluding steroid dienone is 3. The van der Waals surface area contributed by atoms with E-state index in [1.807, 2.05) is 11.8 Å². The maximum absolute atomic E-state index is 12.5. The van der Waals surface area contributed by atoms with Crippen molar-refractivity contribution in [2.24, 2.45) is 5.92 Å². The maximum atomic E-state index is 12.5. The van der Waals surface area contributed by atoms with Crippen LogP contribution >= 0.6 is 0 Å². The molecule has 0 N–H and O–H groups in total. The Hall–Kier alpha value is -0.360. The number of carbonyl (C=O) groups excluding carboxylic acids is 1. The monoisotopic (exact) mass is 404 g/mol. The quantitative estimate of drug-likeness (QED) is 0.477. The molecule has 2 heterocycles. The number of carbonyl (C=O) groups is 1. The number of piperidine rings is 1. The lowest BCUT2D eigenvalue weighted by Crippen LogP contribution is -3.00. The summed E-state index contributed by atoms with van der Waals surface area (Å²) in [4.78, 5) is 14.5. The summed E-state index contributed by atoms with van der Waals surface area (Å²) in [5, 5.41) is 0. The Morgan fingerprint density at radius 1 is 1.24 bits per heavy atom. The zero-order chi connectivity index (χ0) is 14.8. The number of rotatable bonds is 3. The SMILES string of the molecule is CC1=CC(C)C(=O)N(CC[N+]2(C)CCCCC2)C(C)=C1.[I-]. The molecule has 0 aromatic heterocycles. The molecule has 120 valence electrons. The van der Waals surface area contributed by atoms with E-state index in [2.05, 4.69) is 33.0 Å². The van der Waals surface area contributed by atoms with Gasteiger partial charge in [0.1, 0.15) is 0 Å². The summed E-state index contributed by atoms with van der Waals surface area (Å²) < 4.78 is 1.12. The third kappa shape index (κ3) is 4.81. The number of likely N-dealkylation sites (tertiary alicyclic amines) is 1. The minimum Gasteiger partial charge on any atom is -1.00 e. The summed E-state index contributed by atoms with van der Waals surface area (Å²) in [6.45, 7) is 10.6. The summed E-state index contributed by atoms with van der Waals surface area (Å²) in [6.07, 6.45) is 8.24. The van der Waals surface area contributed by atoms with Gasteiger partial charge in [-0.05, 0) is 39.2 Å². The van der Waals surface area contributed by atoms with E-state index in [-0.39, 0.29) is 35.8 Å². The molecule has 0 bridgehead atoms. The van der Waals surface area contributed by atoms with Crippen molar-refractivity contribution < 1.29 is 33.3 Å². The molecule has 1 amide bonds. The fraction of sp³-hybridized carbons (Fsp3) is 0.706. The van der Waals surface area contributed by atoms with Crippen molar-refractivity contribution in [3.8, 4) is 0 Å². The van der Waals surface area contributed by atoms with Gasteiger partial charge in [-0.2, -0.15) is 0 Å². The summed E-state index contributed by atoms with van der Waals surface area (Å²) >= 11 is 0. The maximum Gasteiger partial charge on any atom is 0.233 e. The van der Waals surface area contributed by atoms with Crippen LogP contribution in [0.25, 0.3) is 0 Å². The normalized spacial score (nSPS) is 25.6. The Labute approximate surface area is 146 Å². The van der Waals surface area contributed by atoms with E-state index < -0.39 is 0 Å². The standard InChI is InChI=1S/C17H29N2O.HI/c1-14-12-15(2)17(20)18(16(3)13-14)8-11-19(4)9-6-5-7-10-19;/h12-13,15H,5-11H2,1-4H3;1H/q+1;/p-1. The molecule has 2 aliphatic rings. The molecule has 1 unspecified atom stereocenters. The van der Waals surface area contributed by atoms with E-state index in [1.54, 1.807) is 0 Å². The van der Waals surface area contributed by atoms with Gasteiger partial charge in [-0.1, -0.05) is 18.6 Å². The first-order valence-corrected chi connectivity index (χ1v) is 7.93. The Morgan fingerprint density at radius 2 is 1.86 bits per heavy atom. The number of likely N-dealkylation sites (N-methyl/N-ethyl adjacent to an activating group) is 1. The highest BCUT2D eigenvalue weighted by atomic mass is 127. The minimum absolute atomic E-state index is 0. The minimum atomic E-state index is -0.00429. The third-order valence-corrected chi connectivity index (χ3v) is 4.79. The van der Waals surface area contributed by atoms with Crippen molar-refractivity contribution in [1.29, 1.82) is 0 Å². The molecule has 21 heavy (non-hydrogen) atoms. The fourth-order valence-corrected chi connectivity index (χ4v) is 3.47. The van der Waals surface area contributed by atoms with E-state index in [4.69, 9.17) is 0 Å². The van der Waals surface area contributed by atoms with Crippen LogP contribution in [0.2, 0.25) is 0 Å². The van der Waals surface area contributed by atoms with Crippen molar-refractivity contribution in [3.05, 3.63) is 23.4 Å². The van der Waals surface area contributed by atoms with Gasteiger partial charge in [-0.15, -0.1) is 0 Å². The van der Waals surface area contributed by atoms with Crippen LogP contribution in [0.1, 0.15) is 40.0 Å². The molecule has 0 radical (unpaired) electrons. The number of amides is 1. The van der Waals surface area contributed by atoms with Gasteiger partial charge in [0.15, 0.2) is 0 Å². The average Bonchev–Trinajstić information content (AvgIpc) is 2.46. The van der Waals surface area contributed by atoms with Crippen LogP contribution in [0.4, 0.5) is 0 Å². The second-order valence-corrected chi connectivity index (χ2v) is 6.83. The Bertz CT molecular complexity index is 436. The van der Waals surface area contributed by atoms with Gasteiger partial charge < -0.3 is 33.4 Å². The summed E-state index contributed by atoms with van der Waals surface area (Å²) in [5.74, 6) is 0.245. The van der Waals surface area contributed by atoms with E-state index in [0.29, 0.717) is 0 Å². The predicted molar refractivity (Wildman–Crippen MR) is 83.0 cm³/mol. The molecule has 1 atom stereocenters. The zero-order valence-electron chi connectivity index (χ0n) is 13.9. The predicted octanol–water partition coefficient (Wildman–Crippen LogP) is -0.0507. The second-order valence-electron chi connectivity index (χ2n) is 6.83. The van der Waals surface area contributed by atoms with Crippen LogP contribution < -0.4 is 24.0 Å². The Morgan fingerprint density at radius 3 is 2.48 bits per heavy atom. The van der Waals surface area contributed by atoms with Crippen LogP contribution in [0.5, 0.6) is 0 Å². The summed E-state index contributed by atoms with van der Waals surface area (Å²) in [5.41, 5.74) is 2.29. The van der Waals surface area contributed by atoms with Crippen LogP contribution in [0.15, 0.2) is 23.4 Å². The van der Waals surface area contributed by atoms with Gasteiger partial charge in [0.2, 0.25) is 5.91 Å². The Kier molecular flexibility index (Phi) is 6.91. The average molecular weight is 404 g/mol. The van der Waals surface area contributed by atoms with E-state index in [9.17, 15) is 4.79 Å². The zero-order valence-corrected chi connectivity index (χ0v) is 16.0. The molecule has 0 aliphatic carbocycles. The van der Waals surface area contributed by atoms with Crippen molar-refractivity contribution in [2.45, 2.75) is 40.0 Å². The number of hydrogen-bond donors (Lipinski definition) is 0. The van der Waals surface area contributed by atoms with Gasteiger partial charge in [-0.25, -0.2) is 0 Å². The number of quaternary nitrogens is 1.